The van der Waals surface area contributed by atoms with E-state index >= 15 is 0 Å². The number of carbonyl (C=O) groups excluding carboxylic acids is 1. The van der Waals surface area contributed by atoms with E-state index in [4.69, 9.17) is 10.00 Å². The van der Waals surface area contributed by atoms with Crippen LogP contribution in [0.5, 0.6) is 0 Å². The molecular weight excluding hydrogens is 378 g/mol. The van der Waals surface area contributed by atoms with Crippen molar-refractivity contribution < 1.29 is 18.3 Å². The van der Waals surface area contributed by atoms with Gasteiger partial charge in [-0.2, -0.15) is 5.26 Å². The molecule has 1 unspecified atom stereocenters. The van der Waals surface area contributed by atoms with Crippen LogP contribution in [0.15, 0.2) is 48.4 Å². The molecule has 2 aromatic rings. The maximum atomic E-state index is 13.3. The highest BCUT2D eigenvalue weighted by Gasteiger charge is 2.12. The van der Waals surface area contributed by atoms with E-state index in [9.17, 15) is 13.6 Å². The molecule has 152 valence electrons. The molecule has 0 saturated heterocycles. The summed E-state index contributed by atoms with van der Waals surface area (Å²) in [6.07, 6.45) is 2.45. The van der Waals surface area contributed by atoms with Crippen LogP contribution >= 0.6 is 0 Å². The van der Waals surface area contributed by atoms with Gasteiger partial charge in [0.2, 0.25) is 5.91 Å². The Balaban J connectivity index is 1.92. The normalized spacial score (nSPS) is 12.2. The Morgan fingerprint density at radius 3 is 2.69 bits per heavy atom. The third-order valence-corrected chi connectivity index (χ3v) is 4.22. The van der Waals surface area contributed by atoms with Crippen LogP contribution in [0, 0.1) is 23.0 Å². The maximum absolute atomic E-state index is 13.3. The summed E-state index contributed by atoms with van der Waals surface area (Å²) in [5.41, 5.74) is 1.64. The lowest BCUT2D eigenvalue weighted by Crippen LogP contribution is -2.27. The molecular formula is C21H22F2N4O2. The zero-order chi connectivity index (χ0) is 21.4. The highest BCUT2D eigenvalue weighted by molar-refractivity contribution is 5.78. The largest absolute Gasteiger partial charge is 0.364 e. The number of carbonyl (C=O) groups is 1. The van der Waals surface area contributed by atoms with Gasteiger partial charge in [-0.3, -0.25) is 4.79 Å². The monoisotopic (exact) mass is 400 g/mol. The molecule has 1 atom stereocenters. The predicted octanol–water partition coefficient (Wildman–Crippen LogP) is 3.81. The number of nitrogens with zero attached hydrogens (tertiary/aromatic N) is 3. The van der Waals surface area contributed by atoms with Gasteiger partial charge in [-0.1, -0.05) is 6.07 Å². The van der Waals surface area contributed by atoms with Crippen molar-refractivity contribution in [2.24, 2.45) is 0 Å². The lowest BCUT2D eigenvalue weighted by Gasteiger charge is -2.22. The molecule has 1 N–H and O–H groups in total. The minimum Gasteiger partial charge on any atom is -0.364 e. The molecule has 0 bridgehead atoms. The third kappa shape index (κ3) is 6.09. The quantitative estimate of drug-likeness (QED) is 0.729. The Bertz CT molecular complexity index is 923. The number of anilines is 1. The number of aromatic nitrogens is 1. The zero-order valence-electron chi connectivity index (χ0n) is 16.4. The molecule has 1 heterocycles. The summed E-state index contributed by atoms with van der Waals surface area (Å²) in [6.45, 7) is 5.77. The predicted molar refractivity (Wildman–Crippen MR) is 105 cm³/mol. The molecule has 2 rings (SSSR count). The summed E-state index contributed by atoms with van der Waals surface area (Å²) in [5.74, 6) is -1.63. The van der Waals surface area contributed by atoms with Gasteiger partial charge in [0.1, 0.15) is 18.5 Å². The third-order valence-electron chi connectivity index (χ3n) is 4.22. The van der Waals surface area contributed by atoms with Gasteiger partial charge in [-0.25, -0.2) is 13.8 Å². The van der Waals surface area contributed by atoms with Gasteiger partial charge in [0.25, 0.3) is 0 Å². The highest BCUT2D eigenvalue weighted by Crippen LogP contribution is 2.19. The second-order valence-electron chi connectivity index (χ2n) is 6.24. The number of amides is 1. The molecule has 0 fully saturated rings. The number of hydrogen-bond acceptors (Lipinski definition) is 5. The van der Waals surface area contributed by atoms with Crippen molar-refractivity contribution in [3.8, 4) is 6.07 Å². The average Bonchev–Trinajstić information content (AvgIpc) is 2.73. The van der Waals surface area contributed by atoms with Crippen molar-refractivity contribution in [2.75, 3.05) is 18.1 Å². The average molecular weight is 400 g/mol. The molecule has 8 heteroatoms. The van der Waals surface area contributed by atoms with E-state index in [0.29, 0.717) is 23.5 Å². The molecule has 0 aliphatic rings. The van der Waals surface area contributed by atoms with Crippen LogP contribution in [-0.2, 0) is 9.53 Å². The maximum Gasteiger partial charge on any atom is 0.249 e. The van der Waals surface area contributed by atoms with Gasteiger partial charge in [0, 0.05) is 24.6 Å². The second kappa shape index (κ2) is 10.3. The number of benzene rings is 1. The minimum atomic E-state index is -0.961. The van der Waals surface area contributed by atoms with Gasteiger partial charge >= 0.3 is 0 Å². The van der Waals surface area contributed by atoms with Crippen LogP contribution in [0.4, 0.5) is 14.6 Å². The molecule has 0 saturated carbocycles. The molecule has 1 aromatic heterocycles. The van der Waals surface area contributed by atoms with Gasteiger partial charge < -0.3 is 15.0 Å². The smallest absolute Gasteiger partial charge is 0.249 e. The number of rotatable bonds is 8. The van der Waals surface area contributed by atoms with Crippen LogP contribution in [0.25, 0.3) is 0 Å². The van der Waals surface area contributed by atoms with E-state index in [1.54, 1.807) is 19.1 Å². The number of ether oxygens (including phenoxy) is 1. The summed E-state index contributed by atoms with van der Waals surface area (Å²) in [4.78, 5) is 18.2. The van der Waals surface area contributed by atoms with Crippen molar-refractivity contribution in [3.05, 3.63) is 71.2 Å². The molecule has 0 aliphatic heterocycles. The Kier molecular flexibility index (Phi) is 7.80. The van der Waals surface area contributed by atoms with Gasteiger partial charge in [-0.15, -0.1) is 0 Å². The molecule has 0 aliphatic carbocycles. The van der Waals surface area contributed by atoms with Crippen molar-refractivity contribution in [1.29, 1.82) is 5.26 Å². The minimum absolute atomic E-state index is 0.245. The Morgan fingerprint density at radius 2 is 2.10 bits per heavy atom. The van der Waals surface area contributed by atoms with E-state index < -0.39 is 17.7 Å². The summed E-state index contributed by atoms with van der Waals surface area (Å²) in [6, 6.07) is 8.90. The molecule has 1 aromatic carbocycles. The first-order valence-electron chi connectivity index (χ1n) is 9.02. The fraction of sp³-hybridized carbons (Fsp3) is 0.286. The Labute approximate surface area is 168 Å². The lowest BCUT2D eigenvalue weighted by atomic mass is 10.1. The molecule has 0 spiro atoms. The number of halogens is 2. The summed E-state index contributed by atoms with van der Waals surface area (Å²) < 4.78 is 31.7. The van der Waals surface area contributed by atoms with Crippen LogP contribution < -0.4 is 10.2 Å². The van der Waals surface area contributed by atoms with Crippen LogP contribution in [0.3, 0.4) is 0 Å². The van der Waals surface area contributed by atoms with E-state index in [1.807, 2.05) is 24.8 Å². The van der Waals surface area contributed by atoms with Crippen molar-refractivity contribution in [1.82, 2.24) is 10.3 Å². The van der Waals surface area contributed by atoms with Crippen LogP contribution in [0.1, 0.15) is 38.0 Å². The zero-order valence-corrected chi connectivity index (χ0v) is 16.4. The first-order valence-corrected chi connectivity index (χ1v) is 9.02. The van der Waals surface area contributed by atoms with E-state index in [-0.39, 0.29) is 12.5 Å². The Morgan fingerprint density at radius 1 is 1.34 bits per heavy atom. The van der Waals surface area contributed by atoms with E-state index in [1.165, 1.54) is 18.5 Å². The standard InChI is InChI=1S/C21H22F2N4O2/c1-4-27(20-8-5-16(10-24)12-25-20)14(2)11-26-21(28)13-29-15(3)17-6-7-18(22)19(23)9-17/h5-9,11-12,15H,4,13H2,1-3H3,(H,26,28)/b14-11+. The second-order valence-corrected chi connectivity index (χ2v) is 6.24. The molecule has 1 amide bonds. The van der Waals surface area contributed by atoms with Crippen molar-refractivity contribution in [3.63, 3.8) is 0 Å². The van der Waals surface area contributed by atoms with Gasteiger partial charge in [0.15, 0.2) is 11.6 Å². The molecule has 0 radical (unpaired) electrons. The van der Waals surface area contributed by atoms with Crippen LogP contribution in [-0.4, -0.2) is 24.0 Å². The number of hydrogen-bond donors (Lipinski definition) is 1. The fourth-order valence-electron chi connectivity index (χ4n) is 2.57. The summed E-state index contributed by atoms with van der Waals surface area (Å²) in [5, 5.41) is 11.5. The van der Waals surface area contributed by atoms with Gasteiger partial charge in [-0.05, 0) is 50.6 Å². The van der Waals surface area contributed by atoms with Crippen LogP contribution in [0.2, 0.25) is 0 Å². The van der Waals surface area contributed by atoms with E-state index in [2.05, 4.69) is 10.3 Å². The Hall–Kier alpha value is -3.31. The SMILES string of the molecule is CCN(/C(C)=C/NC(=O)COC(C)c1ccc(F)c(F)c1)c1ccc(C#N)cn1. The topological polar surface area (TPSA) is 78.3 Å². The number of nitrogens with one attached hydrogen (secondary N) is 1. The van der Waals surface area contributed by atoms with Gasteiger partial charge in [0.05, 0.1) is 11.7 Å². The number of nitriles is 1. The first-order chi connectivity index (χ1) is 13.8. The fourth-order valence-corrected chi connectivity index (χ4v) is 2.57. The van der Waals surface area contributed by atoms with Crippen molar-refractivity contribution in [2.45, 2.75) is 26.9 Å². The molecule has 6 nitrogen and oxygen atoms in total. The number of allylic oxidation sites excluding steroid dienone is 1. The summed E-state index contributed by atoms with van der Waals surface area (Å²) in [7, 11) is 0. The molecule has 29 heavy (non-hydrogen) atoms. The van der Waals surface area contributed by atoms with E-state index in [0.717, 1.165) is 17.8 Å². The highest BCUT2D eigenvalue weighted by atomic mass is 19.2. The first kappa shape index (κ1) is 22.0. The number of pyridine rings is 1. The summed E-state index contributed by atoms with van der Waals surface area (Å²) >= 11 is 0. The lowest BCUT2D eigenvalue weighted by molar-refractivity contribution is -0.126. The van der Waals surface area contributed by atoms with Crippen molar-refractivity contribution >= 4 is 11.7 Å².